The number of amides is 1. The van der Waals surface area contributed by atoms with E-state index < -0.39 is 0 Å². The number of anilines is 1. The third-order valence-electron chi connectivity index (χ3n) is 4.66. The van der Waals surface area contributed by atoms with Crippen LogP contribution in [-0.2, 0) is 9.53 Å². The van der Waals surface area contributed by atoms with Crippen LogP contribution in [0.4, 0.5) is 5.69 Å². The first-order valence-electron chi connectivity index (χ1n) is 8.39. The molecule has 0 N–H and O–H groups in total. The molecule has 0 spiro atoms. The molecule has 1 saturated heterocycles. The van der Waals surface area contributed by atoms with Crippen LogP contribution in [0.2, 0.25) is 0 Å². The highest BCUT2D eigenvalue weighted by Gasteiger charge is 2.37. The number of fused-ring (bicyclic) bond motifs is 1. The Bertz CT molecular complexity index is 722. The van der Waals surface area contributed by atoms with Gasteiger partial charge in [-0.2, -0.15) is 0 Å². The minimum absolute atomic E-state index is 0.127. The van der Waals surface area contributed by atoms with Gasteiger partial charge >= 0.3 is 0 Å². The number of rotatable bonds is 2. The van der Waals surface area contributed by atoms with Gasteiger partial charge in [-0.15, -0.1) is 11.8 Å². The van der Waals surface area contributed by atoms with Crippen LogP contribution in [0.3, 0.4) is 0 Å². The van der Waals surface area contributed by atoms with E-state index in [-0.39, 0.29) is 17.9 Å². The summed E-state index contributed by atoms with van der Waals surface area (Å²) in [6, 6.07) is 12.1. The predicted octanol–water partition coefficient (Wildman–Crippen LogP) is 3.69. The second-order valence-corrected chi connectivity index (χ2v) is 7.27. The van der Waals surface area contributed by atoms with Crippen LogP contribution in [0.25, 0.3) is 0 Å². The van der Waals surface area contributed by atoms with Crippen molar-refractivity contribution in [3.63, 3.8) is 0 Å². The zero-order valence-electron chi connectivity index (χ0n) is 13.4. The average Bonchev–Trinajstić information content (AvgIpc) is 2.68. The Hall–Kier alpha value is -1.85. The van der Waals surface area contributed by atoms with Crippen LogP contribution in [0.1, 0.15) is 24.5 Å². The van der Waals surface area contributed by atoms with Gasteiger partial charge in [-0.1, -0.05) is 30.3 Å². The Morgan fingerprint density at radius 3 is 3.00 bits per heavy atom. The summed E-state index contributed by atoms with van der Waals surface area (Å²) in [7, 11) is 0. The lowest BCUT2D eigenvalue weighted by atomic mass is 9.88. The van der Waals surface area contributed by atoms with Crippen molar-refractivity contribution >= 4 is 23.4 Å². The molecule has 2 aliphatic rings. The molecule has 2 aliphatic heterocycles. The molecule has 24 heavy (non-hydrogen) atoms. The highest BCUT2D eigenvalue weighted by Crippen LogP contribution is 2.39. The van der Waals surface area contributed by atoms with Crippen LogP contribution >= 0.6 is 11.8 Å². The lowest BCUT2D eigenvalue weighted by Crippen LogP contribution is -2.43. The van der Waals surface area contributed by atoms with E-state index in [9.17, 15) is 4.79 Å². The maximum atomic E-state index is 13.3. The van der Waals surface area contributed by atoms with Gasteiger partial charge in [0.2, 0.25) is 5.91 Å². The lowest BCUT2D eigenvalue weighted by Gasteiger charge is -2.36. The minimum Gasteiger partial charge on any atom is -0.373 e. The summed E-state index contributed by atoms with van der Waals surface area (Å²) in [4.78, 5) is 20.6. The van der Waals surface area contributed by atoms with E-state index in [4.69, 9.17) is 4.74 Å². The number of hydrogen-bond acceptors (Lipinski definition) is 4. The number of aromatic nitrogens is 1. The van der Waals surface area contributed by atoms with Gasteiger partial charge < -0.3 is 9.64 Å². The number of carbonyl (C=O) groups is 1. The zero-order valence-corrected chi connectivity index (χ0v) is 14.2. The number of ether oxygens (including phenoxy) is 1. The number of hydrogen-bond donors (Lipinski definition) is 0. The Labute approximate surface area is 146 Å². The van der Waals surface area contributed by atoms with Crippen molar-refractivity contribution in [3.05, 3.63) is 54.4 Å². The molecule has 3 heterocycles. The molecule has 0 aliphatic carbocycles. The topological polar surface area (TPSA) is 42.4 Å². The van der Waals surface area contributed by atoms with E-state index in [0.717, 1.165) is 47.9 Å². The van der Waals surface area contributed by atoms with Crippen molar-refractivity contribution in [2.75, 3.05) is 23.8 Å². The van der Waals surface area contributed by atoms with E-state index in [2.05, 4.69) is 17.1 Å². The second kappa shape index (κ2) is 6.95. The summed E-state index contributed by atoms with van der Waals surface area (Å²) in [5.41, 5.74) is 2.03. The van der Waals surface area contributed by atoms with Crippen LogP contribution in [0.15, 0.2) is 53.7 Å². The van der Waals surface area contributed by atoms with E-state index >= 15 is 0 Å². The molecule has 1 fully saturated rings. The summed E-state index contributed by atoms with van der Waals surface area (Å²) < 4.78 is 6.01. The van der Waals surface area contributed by atoms with Crippen molar-refractivity contribution in [2.45, 2.75) is 23.8 Å². The summed E-state index contributed by atoms with van der Waals surface area (Å²) >= 11 is 1.79. The van der Waals surface area contributed by atoms with Gasteiger partial charge in [0, 0.05) is 30.0 Å². The van der Waals surface area contributed by atoms with E-state index in [1.54, 1.807) is 24.2 Å². The number of carbonyl (C=O) groups excluding carboxylic acids is 1. The molecular formula is C19H20N2O2S. The minimum atomic E-state index is -0.151. The molecule has 0 saturated carbocycles. The SMILES string of the molecule is O=C(C1CCCOC1c1ccccc1)N1CCSc2ccncc21. The van der Waals surface area contributed by atoms with Gasteiger partial charge in [0.25, 0.3) is 0 Å². The number of benzene rings is 1. The predicted molar refractivity (Wildman–Crippen MR) is 95.2 cm³/mol. The van der Waals surface area contributed by atoms with Gasteiger partial charge in [-0.3, -0.25) is 9.78 Å². The van der Waals surface area contributed by atoms with E-state index in [1.165, 1.54) is 0 Å². The first-order valence-corrected chi connectivity index (χ1v) is 9.38. The molecule has 0 radical (unpaired) electrons. The second-order valence-electron chi connectivity index (χ2n) is 6.13. The highest BCUT2D eigenvalue weighted by molar-refractivity contribution is 7.99. The Morgan fingerprint density at radius 2 is 2.12 bits per heavy atom. The Balaban J connectivity index is 1.63. The molecular weight excluding hydrogens is 320 g/mol. The first-order chi connectivity index (χ1) is 11.8. The summed E-state index contributed by atoms with van der Waals surface area (Å²) in [6.45, 7) is 1.46. The largest absolute Gasteiger partial charge is 0.373 e. The van der Waals surface area contributed by atoms with Gasteiger partial charge in [0.1, 0.15) is 0 Å². The standard InChI is InChI=1S/C19H20N2O2S/c22-19(21-10-12-24-17-8-9-20-13-16(17)21)15-7-4-11-23-18(15)14-5-2-1-3-6-14/h1-3,5-6,8-9,13,15,18H,4,7,10-12H2. The summed E-state index contributed by atoms with van der Waals surface area (Å²) in [5.74, 6) is 0.960. The van der Waals surface area contributed by atoms with Crippen molar-refractivity contribution < 1.29 is 9.53 Å². The molecule has 2 atom stereocenters. The molecule has 1 aromatic heterocycles. The van der Waals surface area contributed by atoms with Crippen LogP contribution < -0.4 is 4.90 Å². The molecule has 0 bridgehead atoms. The summed E-state index contributed by atoms with van der Waals surface area (Å²) in [6.07, 6.45) is 5.25. The number of nitrogens with zero attached hydrogens (tertiary/aromatic N) is 2. The average molecular weight is 340 g/mol. The lowest BCUT2D eigenvalue weighted by molar-refractivity contribution is -0.132. The zero-order chi connectivity index (χ0) is 16.4. The van der Waals surface area contributed by atoms with Crippen LogP contribution in [-0.4, -0.2) is 29.8 Å². The molecule has 1 aromatic carbocycles. The quantitative estimate of drug-likeness (QED) is 0.836. The molecule has 4 nitrogen and oxygen atoms in total. The Kier molecular flexibility index (Phi) is 4.54. The summed E-state index contributed by atoms with van der Waals surface area (Å²) in [5, 5.41) is 0. The fraction of sp³-hybridized carbons (Fsp3) is 0.368. The maximum absolute atomic E-state index is 13.3. The normalized spacial score (nSPS) is 23.6. The van der Waals surface area contributed by atoms with Crippen molar-refractivity contribution in [1.82, 2.24) is 4.98 Å². The Morgan fingerprint density at radius 1 is 1.25 bits per heavy atom. The van der Waals surface area contributed by atoms with E-state index in [0.29, 0.717) is 0 Å². The van der Waals surface area contributed by atoms with Gasteiger partial charge in [0.15, 0.2) is 0 Å². The monoisotopic (exact) mass is 340 g/mol. The smallest absolute Gasteiger partial charge is 0.233 e. The molecule has 5 heteroatoms. The molecule has 124 valence electrons. The van der Waals surface area contributed by atoms with Gasteiger partial charge in [-0.25, -0.2) is 0 Å². The van der Waals surface area contributed by atoms with Crippen molar-refractivity contribution in [3.8, 4) is 0 Å². The number of pyridine rings is 1. The van der Waals surface area contributed by atoms with E-state index in [1.807, 2.05) is 29.2 Å². The van der Waals surface area contributed by atoms with Gasteiger partial charge in [0.05, 0.1) is 23.9 Å². The van der Waals surface area contributed by atoms with Crippen molar-refractivity contribution in [1.29, 1.82) is 0 Å². The maximum Gasteiger partial charge on any atom is 0.233 e. The molecule has 1 amide bonds. The highest BCUT2D eigenvalue weighted by atomic mass is 32.2. The third kappa shape index (κ3) is 2.94. The third-order valence-corrected chi connectivity index (χ3v) is 5.70. The van der Waals surface area contributed by atoms with Gasteiger partial charge in [-0.05, 0) is 24.5 Å². The van der Waals surface area contributed by atoms with Crippen LogP contribution in [0.5, 0.6) is 0 Å². The molecule has 2 unspecified atom stereocenters. The van der Waals surface area contributed by atoms with Crippen LogP contribution in [0, 0.1) is 5.92 Å². The fourth-order valence-corrected chi connectivity index (χ4v) is 4.46. The fourth-order valence-electron chi connectivity index (χ4n) is 3.50. The number of thioether (sulfide) groups is 1. The molecule has 4 rings (SSSR count). The van der Waals surface area contributed by atoms with Crippen molar-refractivity contribution in [2.24, 2.45) is 5.92 Å². The first kappa shape index (κ1) is 15.7. The molecule has 2 aromatic rings.